The molecule has 21 heavy (non-hydrogen) atoms. The summed E-state index contributed by atoms with van der Waals surface area (Å²) in [6.45, 7) is 3.90. The van der Waals surface area contributed by atoms with Crippen LogP contribution in [0, 0.1) is 0 Å². The molecule has 1 unspecified atom stereocenters. The molecule has 0 aliphatic carbocycles. The van der Waals surface area contributed by atoms with Gasteiger partial charge in [-0.05, 0) is 25.5 Å². The van der Waals surface area contributed by atoms with Gasteiger partial charge in [-0.2, -0.15) is 0 Å². The molecule has 106 valence electrons. The Hall–Kier alpha value is -2.69. The summed E-state index contributed by atoms with van der Waals surface area (Å²) in [6.07, 6.45) is 5.41. The molecule has 0 amide bonds. The summed E-state index contributed by atoms with van der Waals surface area (Å²) in [5, 5.41) is 0. The van der Waals surface area contributed by atoms with Gasteiger partial charge in [-0.1, -0.05) is 36.4 Å². The van der Waals surface area contributed by atoms with Crippen molar-refractivity contribution in [3.8, 4) is 0 Å². The third kappa shape index (κ3) is 2.38. The highest BCUT2D eigenvalue weighted by Gasteiger charge is 2.16. The predicted molar refractivity (Wildman–Crippen MR) is 83.1 cm³/mol. The number of nitrogens with one attached hydrogen (secondary N) is 1. The van der Waals surface area contributed by atoms with Gasteiger partial charge in [0.15, 0.2) is 11.3 Å². The standard InChI is InChI=1S/C16H16N4O/c1-3-7-13-10-17-14-15(18-13)20(16(21)19-14)11(2)12-8-5-4-6-9-12/h3-11H,1-2H3,(H,17,19,21)/b7-3-. The quantitative estimate of drug-likeness (QED) is 0.802. The van der Waals surface area contributed by atoms with E-state index in [2.05, 4.69) is 15.0 Å². The minimum Gasteiger partial charge on any atom is -0.289 e. The van der Waals surface area contributed by atoms with Crippen LogP contribution in [0.25, 0.3) is 17.4 Å². The highest BCUT2D eigenvalue weighted by atomic mass is 16.1. The van der Waals surface area contributed by atoms with Crippen molar-refractivity contribution >= 4 is 17.4 Å². The number of aromatic amines is 1. The first-order chi connectivity index (χ1) is 10.2. The highest BCUT2D eigenvalue weighted by Crippen LogP contribution is 2.19. The lowest BCUT2D eigenvalue weighted by Gasteiger charge is -2.13. The molecule has 0 saturated carbocycles. The lowest BCUT2D eigenvalue weighted by Crippen LogP contribution is -2.21. The second-order valence-corrected chi connectivity index (χ2v) is 4.85. The van der Waals surface area contributed by atoms with Gasteiger partial charge in [-0.3, -0.25) is 9.55 Å². The molecular weight excluding hydrogens is 264 g/mol. The first-order valence-corrected chi connectivity index (χ1v) is 6.85. The molecule has 0 aliphatic heterocycles. The zero-order chi connectivity index (χ0) is 14.8. The zero-order valence-corrected chi connectivity index (χ0v) is 11.9. The number of rotatable bonds is 3. The third-order valence-corrected chi connectivity index (χ3v) is 3.45. The molecule has 2 aromatic heterocycles. The lowest BCUT2D eigenvalue weighted by molar-refractivity contribution is 0.630. The molecule has 3 rings (SSSR count). The largest absolute Gasteiger partial charge is 0.329 e. The Balaban J connectivity index is 2.19. The number of fused-ring (bicyclic) bond motifs is 1. The van der Waals surface area contributed by atoms with E-state index in [0.29, 0.717) is 11.3 Å². The minimum absolute atomic E-state index is 0.109. The average Bonchev–Trinajstić information content (AvgIpc) is 2.83. The molecule has 0 bridgehead atoms. The van der Waals surface area contributed by atoms with Gasteiger partial charge in [0.05, 0.1) is 17.9 Å². The molecule has 0 aliphatic rings. The van der Waals surface area contributed by atoms with Crippen molar-refractivity contribution in [1.29, 1.82) is 0 Å². The predicted octanol–water partition coefficient (Wildman–Crippen LogP) is 2.76. The number of imidazole rings is 1. The van der Waals surface area contributed by atoms with E-state index in [1.807, 2.05) is 56.3 Å². The smallest absolute Gasteiger partial charge is 0.289 e. The molecule has 0 fully saturated rings. The van der Waals surface area contributed by atoms with Crippen LogP contribution >= 0.6 is 0 Å². The van der Waals surface area contributed by atoms with Crippen LogP contribution in [0.5, 0.6) is 0 Å². The Morgan fingerprint density at radius 1 is 1.29 bits per heavy atom. The maximum atomic E-state index is 12.2. The summed E-state index contributed by atoms with van der Waals surface area (Å²) in [7, 11) is 0. The fourth-order valence-corrected chi connectivity index (χ4v) is 2.40. The van der Waals surface area contributed by atoms with Gasteiger partial charge in [0.25, 0.3) is 0 Å². The minimum atomic E-state index is -0.195. The van der Waals surface area contributed by atoms with Gasteiger partial charge >= 0.3 is 5.69 Å². The number of H-pyrrole nitrogens is 1. The number of hydrogen-bond donors (Lipinski definition) is 1. The SMILES string of the molecule is C/C=C\c1cnc2[nH]c(=O)n(C(C)c3ccccc3)c2n1. The van der Waals surface area contributed by atoms with E-state index in [0.717, 1.165) is 11.3 Å². The van der Waals surface area contributed by atoms with Crippen molar-refractivity contribution in [3.63, 3.8) is 0 Å². The molecule has 0 spiro atoms. The Labute approximate surface area is 122 Å². The summed E-state index contributed by atoms with van der Waals surface area (Å²) >= 11 is 0. The molecule has 5 heteroatoms. The van der Waals surface area contributed by atoms with E-state index < -0.39 is 0 Å². The summed E-state index contributed by atoms with van der Waals surface area (Å²) in [5.74, 6) is 0. The van der Waals surface area contributed by atoms with Gasteiger partial charge in [0.2, 0.25) is 0 Å². The number of hydrogen-bond acceptors (Lipinski definition) is 3. The molecular formula is C16H16N4O. The fraction of sp³-hybridized carbons (Fsp3) is 0.188. The zero-order valence-electron chi connectivity index (χ0n) is 11.9. The monoisotopic (exact) mass is 280 g/mol. The Bertz CT molecular complexity index is 846. The highest BCUT2D eigenvalue weighted by molar-refractivity contribution is 5.67. The molecule has 0 radical (unpaired) electrons. The fourth-order valence-electron chi connectivity index (χ4n) is 2.40. The Kier molecular flexibility index (Phi) is 3.39. The first kappa shape index (κ1) is 13.3. The summed E-state index contributed by atoms with van der Waals surface area (Å²) in [5.41, 5.74) is 2.68. The molecule has 3 aromatic rings. The number of aromatic nitrogens is 4. The van der Waals surface area contributed by atoms with Crippen molar-refractivity contribution in [2.75, 3.05) is 0 Å². The van der Waals surface area contributed by atoms with E-state index in [1.165, 1.54) is 0 Å². The topological polar surface area (TPSA) is 63.6 Å². The molecule has 5 nitrogen and oxygen atoms in total. The van der Waals surface area contributed by atoms with Crippen LogP contribution in [0.1, 0.15) is 31.1 Å². The van der Waals surface area contributed by atoms with Gasteiger partial charge in [0, 0.05) is 0 Å². The maximum absolute atomic E-state index is 12.2. The van der Waals surface area contributed by atoms with Crippen molar-refractivity contribution < 1.29 is 0 Å². The van der Waals surface area contributed by atoms with Gasteiger partial charge in [-0.15, -0.1) is 0 Å². The van der Waals surface area contributed by atoms with E-state index in [1.54, 1.807) is 10.8 Å². The van der Waals surface area contributed by atoms with Crippen LogP contribution in [0.15, 0.2) is 47.4 Å². The first-order valence-electron chi connectivity index (χ1n) is 6.85. The summed E-state index contributed by atoms with van der Waals surface area (Å²) in [4.78, 5) is 23.8. The number of nitrogens with zero attached hydrogens (tertiary/aromatic N) is 3. The van der Waals surface area contributed by atoms with E-state index in [9.17, 15) is 4.79 Å². The number of allylic oxidation sites excluding steroid dienone is 1. The second-order valence-electron chi connectivity index (χ2n) is 4.85. The third-order valence-electron chi connectivity index (χ3n) is 3.45. The summed E-state index contributed by atoms with van der Waals surface area (Å²) in [6, 6.07) is 9.77. The Morgan fingerprint density at radius 3 is 2.76 bits per heavy atom. The van der Waals surface area contributed by atoms with Crippen molar-refractivity contribution in [2.24, 2.45) is 0 Å². The maximum Gasteiger partial charge on any atom is 0.329 e. The van der Waals surface area contributed by atoms with Crippen molar-refractivity contribution in [2.45, 2.75) is 19.9 Å². The van der Waals surface area contributed by atoms with Gasteiger partial charge in [0.1, 0.15) is 0 Å². The summed E-state index contributed by atoms with van der Waals surface area (Å²) < 4.78 is 1.64. The van der Waals surface area contributed by atoms with Crippen LogP contribution in [0.2, 0.25) is 0 Å². The normalized spacial score (nSPS) is 13.0. The van der Waals surface area contributed by atoms with E-state index >= 15 is 0 Å². The number of benzene rings is 1. The van der Waals surface area contributed by atoms with Gasteiger partial charge in [-0.25, -0.2) is 14.8 Å². The van der Waals surface area contributed by atoms with Gasteiger partial charge < -0.3 is 0 Å². The van der Waals surface area contributed by atoms with Crippen molar-refractivity contribution in [3.05, 3.63) is 64.3 Å². The molecule has 1 atom stereocenters. The molecule has 2 heterocycles. The average molecular weight is 280 g/mol. The van der Waals surface area contributed by atoms with Crippen molar-refractivity contribution in [1.82, 2.24) is 19.5 Å². The Morgan fingerprint density at radius 2 is 2.05 bits per heavy atom. The van der Waals surface area contributed by atoms with Crippen LogP contribution in [0.3, 0.4) is 0 Å². The van der Waals surface area contributed by atoms with Crippen LogP contribution < -0.4 is 5.69 Å². The van der Waals surface area contributed by atoms with E-state index in [4.69, 9.17) is 0 Å². The molecule has 1 aromatic carbocycles. The molecule has 0 saturated heterocycles. The van der Waals surface area contributed by atoms with E-state index in [-0.39, 0.29) is 11.7 Å². The van der Waals surface area contributed by atoms with Crippen LogP contribution in [-0.2, 0) is 0 Å². The molecule has 1 N–H and O–H groups in total. The lowest BCUT2D eigenvalue weighted by atomic mass is 10.1. The van der Waals surface area contributed by atoms with Crippen LogP contribution in [-0.4, -0.2) is 19.5 Å². The second kappa shape index (κ2) is 5.36. The van der Waals surface area contributed by atoms with Crippen LogP contribution in [0.4, 0.5) is 0 Å².